The number of aromatic nitrogens is 2. The molecule has 2 N–H and O–H groups in total. The number of benzene rings is 1. The molecule has 2 aromatic rings. The van der Waals surface area contributed by atoms with Crippen molar-refractivity contribution < 1.29 is 13.2 Å². The fraction of sp³-hybridized carbons (Fsp3) is 0.286. The van der Waals surface area contributed by atoms with Gasteiger partial charge in [-0.2, -0.15) is 0 Å². The molecule has 1 saturated carbocycles. The highest BCUT2D eigenvalue weighted by molar-refractivity contribution is 5.60. The molecule has 0 saturated heterocycles. The monoisotopic (exact) mass is 294 g/mol. The average molecular weight is 294 g/mol. The lowest BCUT2D eigenvalue weighted by Gasteiger charge is -2.11. The van der Waals surface area contributed by atoms with Crippen LogP contribution in [0, 0.1) is 17.5 Å². The van der Waals surface area contributed by atoms with Crippen molar-refractivity contribution in [2.24, 2.45) is 0 Å². The summed E-state index contributed by atoms with van der Waals surface area (Å²) in [5.41, 5.74) is -0.432. The maximum atomic E-state index is 13.6. The molecule has 0 radical (unpaired) electrons. The van der Waals surface area contributed by atoms with Gasteiger partial charge >= 0.3 is 0 Å². The van der Waals surface area contributed by atoms with Crippen molar-refractivity contribution in [2.45, 2.75) is 18.8 Å². The molecule has 0 aliphatic heterocycles. The predicted octanol–water partition coefficient (Wildman–Crippen LogP) is 3.56. The van der Waals surface area contributed by atoms with Gasteiger partial charge in [0, 0.05) is 31.2 Å². The third kappa shape index (κ3) is 2.91. The van der Waals surface area contributed by atoms with Crippen molar-refractivity contribution in [3.05, 3.63) is 41.5 Å². The molecule has 1 aromatic carbocycles. The predicted molar refractivity (Wildman–Crippen MR) is 73.2 cm³/mol. The van der Waals surface area contributed by atoms with Crippen LogP contribution in [0.2, 0.25) is 0 Å². The highest BCUT2D eigenvalue weighted by Crippen LogP contribution is 2.39. The molecule has 0 bridgehead atoms. The summed E-state index contributed by atoms with van der Waals surface area (Å²) in [5, 5.41) is 5.43. The first kappa shape index (κ1) is 13.7. The number of halogens is 3. The third-order valence-corrected chi connectivity index (χ3v) is 3.20. The summed E-state index contributed by atoms with van der Waals surface area (Å²) in [6.07, 6.45) is 2.01. The van der Waals surface area contributed by atoms with E-state index >= 15 is 0 Å². The first-order valence-electron chi connectivity index (χ1n) is 6.55. The van der Waals surface area contributed by atoms with E-state index in [4.69, 9.17) is 0 Å². The van der Waals surface area contributed by atoms with Gasteiger partial charge in [0.15, 0.2) is 11.6 Å². The van der Waals surface area contributed by atoms with E-state index in [0.29, 0.717) is 29.7 Å². The van der Waals surface area contributed by atoms with E-state index in [1.165, 1.54) is 6.07 Å². The number of hydrogen-bond donors (Lipinski definition) is 2. The van der Waals surface area contributed by atoms with Crippen molar-refractivity contribution in [3.63, 3.8) is 0 Å². The van der Waals surface area contributed by atoms with E-state index in [0.717, 1.165) is 12.8 Å². The molecule has 1 aliphatic carbocycles. The van der Waals surface area contributed by atoms with Crippen LogP contribution in [-0.2, 0) is 0 Å². The maximum absolute atomic E-state index is 13.6. The molecule has 0 amide bonds. The number of hydrogen-bond acceptors (Lipinski definition) is 4. The highest BCUT2D eigenvalue weighted by Gasteiger charge is 2.27. The fourth-order valence-electron chi connectivity index (χ4n) is 1.97. The Hall–Kier alpha value is -2.31. The lowest BCUT2D eigenvalue weighted by molar-refractivity contribution is 0.548. The average Bonchev–Trinajstić information content (AvgIpc) is 3.27. The zero-order chi connectivity index (χ0) is 15.0. The molecule has 4 nitrogen and oxygen atoms in total. The molecule has 7 heteroatoms. The van der Waals surface area contributed by atoms with Crippen molar-refractivity contribution in [1.29, 1.82) is 0 Å². The fourth-order valence-corrected chi connectivity index (χ4v) is 1.97. The summed E-state index contributed by atoms with van der Waals surface area (Å²) in [6.45, 7) is 0. The van der Waals surface area contributed by atoms with Crippen LogP contribution in [0.15, 0.2) is 18.2 Å². The Bertz CT molecular complexity index is 663. The molecular formula is C14H13F3N4. The van der Waals surface area contributed by atoms with E-state index in [-0.39, 0.29) is 5.82 Å². The minimum Gasteiger partial charge on any atom is -0.373 e. The van der Waals surface area contributed by atoms with E-state index < -0.39 is 23.1 Å². The van der Waals surface area contributed by atoms with Crippen LogP contribution in [0.4, 0.5) is 30.5 Å². The Labute approximate surface area is 119 Å². The first-order valence-corrected chi connectivity index (χ1v) is 6.55. The van der Waals surface area contributed by atoms with Crippen molar-refractivity contribution >= 4 is 17.3 Å². The van der Waals surface area contributed by atoms with Gasteiger partial charge in [-0.1, -0.05) is 0 Å². The van der Waals surface area contributed by atoms with Gasteiger partial charge in [0.05, 0.1) is 0 Å². The summed E-state index contributed by atoms with van der Waals surface area (Å²) in [7, 11) is 1.70. The number of nitrogens with zero attached hydrogens (tertiary/aromatic N) is 2. The van der Waals surface area contributed by atoms with E-state index in [2.05, 4.69) is 20.6 Å². The second-order valence-corrected chi connectivity index (χ2v) is 4.89. The van der Waals surface area contributed by atoms with Crippen LogP contribution in [0.3, 0.4) is 0 Å². The molecule has 1 aliphatic rings. The molecule has 1 fully saturated rings. The quantitative estimate of drug-likeness (QED) is 0.905. The summed E-state index contributed by atoms with van der Waals surface area (Å²) < 4.78 is 40.2. The number of nitrogens with one attached hydrogen (secondary N) is 2. The number of rotatable bonds is 4. The van der Waals surface area contributed by atoms with Crippen LogP contribution in [0.1, 0.15) is 24.6 Å². The molecule has 21 heavy (non-hydrogen) atoms. The largest absolute Gasteiger partial charge is 0.373 e. The minimum absolute atomic E-state index is 0.264. The molecule has 1 heterocycles. The number of anilines is 3. The second-order valence-electron chi connectivity index (χ2n) is 4.89. The first-order chi connectivity index (χ1) is 10.1. The van der Waals surface area contributed by atoms with Crippen molar-refractivity contribution in [2.75, 3.05) is 17.7 Å². The Morgan fingerprint density at radius 1 is 1.00 bits per heavy atom. The molecule has 0 spiro atoms. The van der Waals surface area contributed by atoms with E-state index in [1.807, 2.05) is 0 Å². The summed E-state index contributed by atoms with van der Waals surface area (Å²) in [6, 6.07) is 2.77. The molecule has 1 aromatic heterocycles. The van der Waals surface area contributed by atoms with Crippen LogP contribution in [-0.4, -0.2) is 17.0 Å². The summed E-state index contributed by atoms with van der Waals surface area (Å²) in [5.74, 6) is -1.24. The van der Waals surface area contributed by atoms with Gasteiger partial charge in [0.25, 0.3) is 0 Å². The molecular weight excluding hydrogens is 281 g/mol. The van der Waals surface area contributed by atoms with Crippen LogP contribution in [0.5, 0.6) is 0 Å². The Kier molecular flexibility index (Phi) is 3.40. The Balaban J connectivity index is 1.96. The van der Waals surface area contributed by atoms with Crippen LogP contribution < -0.4 is 10.6 Å². The van der Waals surface area contributed by atoms with Crippen LogP contribution in [0.25, 0.3) is 0 Å². The Morgan fingerprint density at radius 3 is 2.19 bits per heavy atom. The molecule has 3 rings (SSSR count). The standard InChI is InChI=1S/C14H13F3N4/c1-18-11-6-12(21-14(20-11)7-2-3-7)19-13-9(16)4-8(15)5-10(13)17/h4-7H,2-3H2,1H3,(H2,18,19,20,21). The van der Waals surface area contributed by atoms with E-state index in [1.54, 1.807) is 7.05 Å². The maximum Gasteiger partial charge on any atom is 0.152 e. The molecule has 110 valence electrons. The second kappa shape index (κ2) is 5.23. The smallest absolute Gasteiger partial charge is 0.152 e. The van der Waals surface area contributed by atoms with Gasteiger partial charge in [0.2, 0.25) is 0 Å². The van der Waals surface area contributed by atoms with Gasteiger partial charge < -0.3 is 10.6 Å². The minimum atomic E-state index is -1.01. The zero-order valence-corrected chi connectivity index (χ0v) is 11.3. The van der Waals surface area contributed by atoms with Gasteiger partial charge in [-0.15, -0.1) is 0 Å². The zero-order valence-electron chi connectivity index (χ0n) is 11.3. The normalized spacial score (nSPS) is 14.1. The SMILES string of the molecule is CNc1cc(Nc2c(F)cc(F)cc2F)nc(C2CC2)n1. The molecule has 0 unspecified atom stereocenters. The van der Waals surface area contributed by atoms with Crippen molar-refractivity contribution in [1.82, 2.24) is 9.97 Å². The van der Waals surface area contributed by atoms with Gasteiger partial charge in [0.1, 0.15) is 29.0 Å². The van der Waals surface area contributed by atoms with Gasteiger partial charge in [-0.25, -0.2) is 23.1 Å². The van der Waals surface area contributed by atoms with Crippen LogP contribution >= 0.6 is 0 Å². The van der Waals surface area contributed by atoms with Crippen molar-refractivity contribution in [3.8, 4) is 0 Å². The third-order valence-electron chi connectivity index (χ3n) is 3.20. The molecule has 0 atom stereocenters. The topological polar surface area (TPSA) is 49.8 Å². The van der Waals surface area contributed by atoms with E-state index in [9.17, 15) is 13.2 Å². The highest BCUT2D eigenvalue weighted by atomic mass is 19.1. The van der Waals surface area contributed by atoms with Gasteiger partial charge in [-0.05, 0) is 12.8 Å². The summed E-state index contributed by atoms with van der Waals surface area (Å²) in [4.78, 5) is 8.56. The summed E-state index contributed by atoms with van der Waals surface area (Å²) >= 11 is 0. The van der Waals surface area contributed by atoms with Gasteiger partial charge in [-0.3, -0.25) is 0 Å². The lowest BCUT2D eigenvalue weighted by atomic mass is 10.2. The Morgan fingerprint density at radius 2 is 1.62 bits per heavy atom. The lowest BCUT2D eigenvalue weighted by Crippen LogP contribution is -2.05.